The molecule has 2 fully saturated rings. The number of amides is 1. The summed E-state index contributed by atoms with van der Waals surface area (Å²) in [6.45, 7) is 4.34. The van der Waals surface area contributed by atoms with Gasteiger partial charge in [-0.1, -0.05) is 25.3 Å². The molecule has 1 heterocycles. The van der Waals surface area contributed by atoms with Crippen LogP contribution in [0.3, 0.4) is 0 Å². The number of halogens is 1. The topological polar surface area (TPSA) is 52.6 Å². The molecule has 1 aliphatic carbocycles. The van der Waals surface area contributed by atoms with Gasteiger partial charge in [0.1, 0.15) is 5.82 Å². The van der Waals surface area contributed by atoms with Gasteiger partial charge in [-0.05, 0) is 50.3 Å². The number of aliphatic hydroxyl groups is 1. The van der Waals surface area contributed by atoms with Crippen molar-refractivity contribution in [3.63, 3.8) is 0 Å². The van der Waals surface area contributed by atoms with Crippen LogP contribution in [0, 0.1) is 12.7 Å². The zero-order chi connectivity index (χ0) is 17.9. The Morgan fingerprint density at radius 2 is 1.96 bits per heavy atom. The predicted octanol–water partition coefficient (Wildman–Crippen LogP) is 3.02. The molecule has 5 heteroatoms. The maximum absolute atomic E-state index is 13.4. The van der Waals surface area contributed by atoms with Crippen LogP contribution in [-0.4, -0.2) is 47.2 Å². The zero-order valence-corrected chi connectivity index (χ0v) is 15.1. The van der Waals surface area contributed by atoms with E-state index in [1.165, 1.54) is 18.6 Å². The molecule has 0 spiro atoms. The lowest BCUT2D eigenvalue weighted by molar-refractivity contribution is -0.0312. The first-order chi connectivity index (χ1) is 12.0. The molecule has 0 radical (unpaired) electrons. The lowest BCUT2D eigenvalue weighted by atomic mass is 9.84. The number of likely N-dealkylation sites (tertiary alicyclic amines) is 1. The van der Waals surface area contributed by atoms with Crippen molar-refractivity contribution in [2.45, 2.75) is 63.5 Å². The highest BCUT2D eigenvalue weighted by molar-refractivity contribution is 5.95. The van der Waals surface area contributed by atoms with E-state index in [0.717, 1.165) is 63.7 Å². The Morgan fingerprint density at radius 1 is 1.28 bits per heavy atom. The minimum atomic E-state index is -0.521. The van der Waals surface area contributed by atoms with Crippen LogP contribution in [0.5, 0.6) is 0 Å². The van der Waals surface area contributed by atoms with Gasteiger partial charge in [0, 0.05) is 31.2 Å². The van der Waals surface area contributed by atoms with E-state index in [-0.39, 0.29) is 17.8 Å². The number of benzene rings is 1. The summed E-state index contributed by atoms with van der Waals surface area (Å²) in [5.74, 6) is -0.576. The van der Waals surface area contributed by atoms with E-state index in [1.54, 1.807) is 6.07 Å². The van der Waals surface area contributed by atoms with Crippen molar-refractivity contribution in [2.75, 3.05) is 19.6 Å². The van der Waals surface area contributed by atoms with Gasteiger partial charge in [-0.25, -0.2) is 4.39 Å². The number of rotatable bonds is 4. The fourth-order valence-electron chi connectivity index (χ4n) is 4.12. The molecule has 2 aliphatic rings. The molecule has 4 nitrogen and oxygen atoms in total. The van der Waals surface area contributed by atoms with Crippen molar-refractivity contribution in [3.05, 3.63) is 35.1 Å². The molecule has 0 unspecified atom stereocenters. The van der Waals surface area contributed by atoms with Crippen LogP contribution < -0.4 is 5.32 Å². The molecule has 2 N–H and O–H groups in total. The number of hydrogen-bond acceptors (Lipinski definition) is 3. The van der Waals surface area contributed by atoms with E-state index < -0.39 is 5.60 Å². The summed E-state index contributed by atoms with van der Waals surface area (Å²) in [7, 11) is 0. The summed E-state index contributed by atoms with van der Waals surface area (Å²) in [5, 5.41) is 13.7. The highest BCUT2D eigenvalue weighted by Gasteiger charge is 2.33. The minimum absolute atomic E-state index is 0.118. The highest BCUT2D eigenvalue weighted by Crippen LogP contribution is 2.29. The molecule has 1 amide bonds. The van der Waals surface area contributed by atoms with E-state index in [1.807, 2.05) is 6.92 Å². The van der Waals surface area contributed by atoms with Crippen LogP contribution in [0.25, 0.3) is 0 Å². The molecular formula is C20H29FN2O2. The van der Waals surface area contributed by atoms with Crippen LogP contribution in [0.2, 0.25) is 0 Å². The van der Waals surface area contributed by atoms with Crippen molar-refractivity contribution >= 4 is 5.91 Å². The van der Waals surface area contributed by atoms with Gasteiger partial charge in [0.25, 0.3) is 5.91 Å². The molecule has 1 aromatic carbocycles. The van der Waals surface area contributed by atoms with Crippen LogP contribution in [0.4, 0.5) is 4.39 Å². The Morgan fingerprint density at radius 3 is 2.64 bits per heavy atom. The lowest BCUT2D eigenvalue weighted by Gasteiger charge is -2.40. The SMILES string of the molecule is Cc1ccc(F)cc1C(=O)NC1CCN(CC2(O)CCCCC2)CC1. The largest absolute Gasteiger partial charge is 0.389 e. The third kappa shape index (κ3) is 4.79. The maximum Gasteiger partial charge on any atom is 0.251 e. The second-order valence-corrected chi connectivity index (χ2v) is 7.77. The van der Waals surface area contributed by atoms with E-state index >= 15 is 0 Å². The van der Waals surface area contributed by atoms with E-state index in [9.17, 15) is 14.3 Å². The summed E-state index contributed by atoms with van der Waals surface area (Å²) in [6.07, 6.45) is 7.03. The number of piperidine rings is 1. The Hall–Kier alpha value is -1.46. The molecule has 0 aromatic heterocycles. The first kappa shape index (κ1) is 18.3. The van der Waals surface area contributed by atoms with Gasteiger partial charge >= 0.3 is 0 Å². The number of β-amino-alcohol motifs (C(OH)–C–C–N with tert-alkyl or cyclic N) is 1. The van der Waals surface area contributed by atoms with Gasteiger partial charge in [0.15, 0.2) is 0 Å². The average molecular weight is 348 g/mol. The van der Waals surface area contributed by atoms with Crippen LogP contribution in [-0.2, 0) is 0 Å². The van der Waals surface area contributed by atoms with Gasteiger partial charge in [0.2, 0.25) is 0 Å². The molecular weight excluding hydrogens is 319 g/mol. The van der Waals surface area contributed by atoms with E-state index in [2.05, 4.69) is 10.2 Å². The fourth-order valence-corrected chi connectivity index (χ4v) is 4.12. The second kappa shape index (κ2) is 7.83. The maximum atomic E-state index is 13.4. The summed E-state index contributed by atoms with van der Waals surface area (Å²) < 4.78 is 13.4. The summed E-state index contributed by atoms with van der Waals surface area (Å²) in [6, 6.07) is 4.43. The van der Waals surface area contributed by atoms with Gasteiger partial charge < -0.3 is 15.3 Å². The zero-order valence-electron chi connectivity index (χ0n) is 15.1. The van der Waals surface area contributed by atoms with Crippen molar-refractivity contribution in [3.8, 4) is 0 Å². The fraction of sp³-hybridized carbons (Fsp3) is 0.650. The summed E-state index contributed by atoms with van der Waals surface area (Å²) in [5.41, 5.74) is 0.683. The Kier molecular flexibility index (Phi) is 5.74. The quantitative estimate of drug-likeness (QED) is 0.879. The van der Waals surface area contributed by atoms with Crippen molar-refractivity contribution in [1.82, 2.24) is 10.2 Å². The molecule has 0 atom stereocenters. The first-order valence-electron chi connectivity index (χ1n) is 9.47. The summed E-state index contributed by atoms with van der Waals surface area (Å²) in [4.78, 5) is 14.7. The Labute approximate surface area is 149 Å². The monoisotopic (exact) mass is 348 g/mol. The van der Waals surface area contributed by atoms with Crippen LogP contribution in [0.15, 0.2) is 18.2 Å². The summed E-state index contributed by atoms with van der Waals surface area (Å²) >= 11 is 0. The van der Waals surface area contributed by atoms with Crippen LogP contribution in [0.1, 0.15) is 60.9 Å². The number of aryl methyl sites for hydroxylation is 1. The number of carbonyl (C=O) groups excluding carboxylic acids is 1. The third-order valence-corrected chi connectivity index (χ3v) is 5.67. The van der Waals surface area contributed by atoms with Gasteiger partial charge in [-0.2, -0.15) is 0 Å². The van der Waals surface area contributed by atoms with Gasteiger partial charge in [0.05, 0.1) is 5.60 Å². The van der Waals surface area contributed by atoms with Crippen LogP contribution >= 0.6 is 0 Å². The highest BCUT2D eigenvalue weighted by atomic mass is 19.1. The Balaban J connectivity index is 1.49. The standard InChI is InChI=1S/C20H29FN2O2/c1-15-5-6-16(21)13-18(15)19(24)22-17-7-11-23(12-8-17)14-20(25)9-3-2-4-10-20/h5-6,13,17,25H,2-4,7-12,14H2,1H3,(H,22,24). The minimum Gasteiger partial charge on any atom is -0.389 e. The average Bonchev–Trinajstić information content (AvgIpc) is 2.59. The number of nitrogens with zero attached hydrogens (tertiary/aromatic N) is 1. The number of carbonyl (C=O) groups is 1. The van der Waals surface area contributed by atoms with Gasteiger partial charge in [-0.15, -0.1) is 0 Å². The lowest BCUT2D eigenvalue weighted by Crippen LogP contribution is -2.50. The van der Waals surface area contributed by atoms with Crippen molar-refractivity contribution in [2.24, 2.45) is 0 Å². The molecule has 1 aliphatic heterocycles. The third-order valence-electron chi connectivity index (χ3n) is 5.67. The number of nitrogens with one attached hydrogen (secondary N) is 1. The second-order valence-electron chi connectivity index (χ2n) is 7.77. The van der Waals surface area contributed by atoms with E-state index in [0.29, 0.717) is 5.56 Å². The number of hydrogen-bond donors (Lipinski definition) is 2. The first-order valence-corrected chi connectivity index (χ1v) is 9.47. The molecule has 3 rings (SSSR count). The molecule has 25 heavy (non-hydrogen) atoms. The molecule has 1 saturated heterocycles. The molecule has 1 aromatic rings. The molecule has 1 saturated carbocycles. The van der Waals surface area contributed by atoms with Crippen molar-refractivity contribution < 1.29 is 14.3 Å². The van der Waals surface area contributed by atoms with Gasteiger partial charge in [-0.3, -0.25) is 4.79 Å². The Bertz CT molecular complexity index is 606. The molecule has 138 valence electrons. The predicted molar refractivity (Wildman–Crippen MR) is 96.1 cm³/mol. The molecule has 0 bridgehead atoms. The van der Waals surface area contributed by atoms with E-state index in [4.69, 9.17) is 0 Å². The van der Waals surface area contributed by atoms with Crippen molar-refractivity contribution in [1.29, 1.82) is 0 Å². The smallest absolute Gasteiger partial charge is 0.251 e. The normalized spacial score (nSPS) is 21.9.